The summed E-state index contributed by atoms with van der Waals surface area (Å²) >= 11 is 0. The van der Waals surface area contributed by atoms with Crippen LogP contribution in [0.2, 0.25) is 0 Å². The van der Waals surface area contributed by atoms with Gasteiger partial charge in [-0.1, -0.05) is 11.8 Å². The van der Waals surface area contributed by atoms with Crippen LogP contribution in [0, 0.1) is 18.8 Å². The van der Waals surface area contributed by atoms with E-state index in [0.29, 0.717) is 11.1 Å². The first-order chi connectivity index (χ1) is 6.95. The zero-order chi connectivity index (χ0) is 11.5. The molecule has 0 saturated carbocycles. The normalized spacial score (nSPS) is 10.7. The molecule has 4 heteroatoms. The van der Waals surface area contributed by atoms with Crippen molar-refractivity contribution in [3.63, 3.8) is 0 Å². The molecule has 80 valence electrons. The van der Waals surface area contributed by atoms with Gasteiger partial charge in [0.05, 0.1) is 12.1 Å². The second kappa shape index (κ2) is 4.37. The maximum Gasteiger partial charge on any atom is 0.416 e. The molecule has 0 amide bonds. The molecule has 0 spiro atoms. The van der Waals surface area contributed by atoms with E-state index in [9.17, 15) is 13.2 Å². The summed E-state index contributed by atoms with van der Waals surface area (Å²) < 4.78 is 36.9. The third-order valence-corrected chi connectivity index (χ3v) is 1.88. The van der Waals surface area contributed by atoms with E-state index in [1.165, 1.54) is 6.07 Å². The smallest absolute Gasteiger partial charge is 0.320 e. The van der Waals surface area contributed by atoms with Crippen molar-refractivity contribution in [3.05, 3.63) is 34.9 Å². The summed E-state index contributed by atoms with van der Waals surface area (Å²) in [7, 11) is 0. The van der Waals surface area contributed by atoms with Crippen LogP contribution < -0.4 is 5.73 Å². The molecule has 2 N–H and O–H groups in total. The molecular weight excluding hydrogens is 203 g/mol. The topological polar surface area (TPSA) is 26.0 Å². The van der Waals surface area contributed by atoms with E-state index in [-0.39, 0.29) is 6.54 Å². The molecule has 0 aliphatic rings. The van der Waals surface area contributed by atoms with Gasteiger partial charge < -0.3 is 5.73 Å². The summed E-state index contributed by atoms with van der Waals surface area (Å²) in [5.41, 5.74) is 5.60. The minimum atomic E-state index is -4.30. The molecule has 1 rings (SSSR count). The van der Waals surface area contributed by atoms with E-state index in [4.69, 9.17) is 5.73 Å². The Morgan fingerprint density at radius 1 is 1.33 bits per heavy atom. The molecule has 0 aliphatic heterocycles. The van der Waals surface area contributed by atoms with Gasteiger partial charge in [-0.05, 0) is 30.7 Å². The SMILES string of the molecule is Cc1cc(C(F)(F)F)ccc1C#CCN. The van der Waals surface area contributed by atoms with Gasteiger partial charge in [-0.2, -0.15) is 13.2 Å². The number of rotatable bonds is 0. The Morgan fingerprint density at radius 2 is 2.00 bits per heavy atom. The lowest BCUT2D eigenvalue weighted by atomic mass is 10.1. The first-order valence-electron chi connectivity index (χ1n) is 4.32. The number of halogens is 3. The molecule has 0 unspecified atom stereocenters. The van der Waals surface area contributed by atoms with Gasteiger partial charge in [0.1, 0.15) is 0 Å². The van der Waals surface area contributed by atoms with E-state index >= 15 is 0 Å². The quantitative estimate of drug-likeness (QED) is 0.657. The van der Waals surface area contributed by atoms with Crippen molar-refractivity contribution in [2.75, 3.05) is 6.54 Å². The standard InChI is InChI=1S/C11H10F3N/c1-8-7-10(11(12,13)14)5-4-9(8)3-2-6-15/h4-5,7H,6,15H2,1H3. The van der Waals surface area contributed by atoms with Crippen LogP contribution in [-0.2, 0) is 6.18 Å². The highest BCUT2D eigenvalue weighted by molar-refractivity contribution is 5.43. The van der Waals surface area contributed by atoms with Crippen molar-refractivity contribution < 1.29 is 13.2 Å². The van der Waals surface area contributed by atoms with E-state index in [1.807, 2.05) is 0 Å². The predicted molar refractivity (Wildman–Crippen MR) is 52.1 cm³/mol. The Hall–Kier alpha value is -1.47. The molecule has 15 heavy (non-hydrogen) atoms. The summed E-state index contributed by atoms with van der Waals surface area (Å²) in [4.78, 5) is 0. The Balaban J connectivity index is 3.09. The summed E-state index contributed by atoms with van der Waals surface area (Å²) in [5.74, 6) is 5.31. The Labute approximate surface area is 86.1 Å². The Bertz CT molecular complexity index is 410. The predicted octanol–water partition coefficient (Wildman–Crippen LogP) is 2.32. The van der Waals surface area contributed by atoms with Crippen LogP contribution >= 0.6 is 0 Å². The molecule has 0 bridgehead atoms. The second-order valence-electron chi connectivity index (χ2n) is 3.03. The van der Waals surface area contributed by atoms with Gasteiger partial charge in [0.25, 0.3) is 0 Å². The number of benzene rings is 1. The first-order valence-corrected chi connectivity index (χ1v) is 4.32. The number of nitrogens with two attached hydrogens (primary N) is 1. The van der Waals surface area contributed by atoms with E-state index < -0.39 is 11.7 Å². The van der Waals surface area contributed by atoms with Gasteiger partial charge in [0.15, 0.2) is 0 Å². The molecule has 1 nitrogen and oxygen atoms in total. The van der Waals surface area contributed by atoms with Crippen molar-refractivity contribution >= 4 is 0 Å². The second-order valence-corrected chi connectivity index (χ2v) is 3.03. The van der Waals surface area contributed by atoms with Crippen molar-refractivity contribution in [3.8, 4) is 11.8 Å². The molecule has 0 heterocycles. The van der Waals surface area contributed by atoms with Gasteiger partial charge in [-0.25, -0.2) is 0 Å². The molecule has 0 saturated heterocycles. The van der Waals surface area contributed by atoms with Crippen LogP contribution in [0.1, 0.15) is 16.7 Å². The monoisotopic (exact) mass is 213 g/mol. The molecule has 1 aromatic rings. The number of aryl methyl sites for hydroxylation is 1. The van der Waals surface area contributed by atoms with Crippen LogP contribution in [-0.4, -0.2) is 6.54 Å². The Kier molecular flexibility index (Phi) is 3.38. The maximum atomic E-state index is 12.3. The van der Waals surface area contributed by atoms with Crippen LogP contribution in [0.3, 0.4) is 0 Å². The Morgan fingerprint density at radius 3 is 2.47 bits per heavy atom. The third-order valence-electron chi connectivity index (χ3n) is 1.88. The van der Waals surface area contributed by atoms with Crippen LogP contribution in [0.4, 0.5) is 13.2 Å². The van der Waals surface area contributed by atoms with E-state index in [1.54, 1.807) is 6.92 Å². The first kappa shape index (κ1) is 11.6. The van der Waals surface area contributed by atoms with Crippen LogP contribution in [0.15, 0.2) is 18.2 Å². The van der Waals surface area contributed by atoms with Crippen LogP contribution in [0.25, 0.3) is 0 Å². The fourth-order valence-corrected chi connectivity index (χ4v) is 1.13. The van der Waals surface area contributed by atoms with Gasteiger partial charge in [-0.3, -0.25) is 0 Å². The largest absolute Gasteiger partial charge is 0.416 e. The zero-order valence-electron chi connectivity index (χ0n) is 8.15. The minimum absolute atomic E-state index is 0.195. The highest BCUT2D eigenvalue weighted by Crippen LogP contribution is 2.30. The highest BCUT2D eigenvalue weighted by atomic mass is 19.4. The van der Waals surface area contributed by atoms with Gasteiger partial charge >= 0.3 is 6.18 Å². The molecule has 0 aliphatic carbocycles. The summed E-state index contributed by atoms with van der Waals surface area (Å²) in [5, 5.41) is 0. The van der Waals surface area contributed by atoms with Gasteiger partial charge in [0.2, 0.25) is 0 Å². The van der Waals surface area contributed by atoms with E-state index in [2.05, 4.69) is 11.8 Å². The van der Waals surface area contributed by atoms with Gasteiger partial charge in [0, 0.05) is 5.56 Å². The zero-order valence-corrected chi connectivity index (χ0v) is 8.15. The van der Waals surface area contributed by atoms with Crippen molar-refractivity contribution in [2.24, 2.45) is 5.73 Å². The molecule has 0 aromatic heterocycles. The van der Waals surface area contributed by atoms with Crippen molar-refractivity contribution in [2.45, 2.75) is 13.1 Å². The third kappa shape index (κ3) is 3.00. The number of hydrogen-bond donors (Lipinski definition) is 1. The molecule has 0 atom stereocenters. The van der Waals surface area contributed by atoms with Crippen molar-refractivity contribution in [1.29, 1.82) is 0 Å². The number of hydrogen-bond acceptors (Lipinski definition) is 1. The summed E-state index contributed by atoms with van der Waals surface area (Å²) in [6, 6.07) is 3.47. The maximum absolute atomic E-state index is 12.3. The summed E-state index contributed by atoms with van der Waals surface area (Å²) in [6.07, 6.45) is -4.30. The average molecular weight is 213 g/mol. The van der Waals surface area contributed by atoms with E-state index in [0.717, 1.165) is 12.1 Å². The fraction of sp³-hybridized carbons (Fsp3) is 0.273. The van der Waals surface area contributed by atoms with Gasteiger partial charge in [-0.15, -0.1) is 0 Å². The lowest BCUT2D eigenvalue weighted by molar-refractivity contribution is -0.137. The number of alkyl halides is 3. The lowest BCUT2D eigenvalue weighted by Gasteiger charge is -2.07. The van der Waals surface area contributed by atoms with Crippen LogP contribution in [0.5, 0.6) is 0 Å². The summed E-state index contributed by atoms with van der Waals surface area (Å²) in [6.45, 7) is 1.79. The lowest BCUT2D eigenvalue weighted by Crippen LogP contribution is -2.05. The molecule has 0 radical (unpaired) electrons. The van der Waals surface area contributed by atoms with Crippen molar-refractivity contribution in [1.82, 2.24) is 0 Å². The molecule has 0 fully saturated rings. The molecule has 1 aromatic carbocycles. The minimum Gasteiger partial charge on any atom is -0.320 e. The molecular formula is C11H10F3N. The average Bonchev–Trinajstić information content (AvgIpc) is 2.14. The fourth-order valence-electron chi connectivity index (χ4n) is 1.13. The highest BCUT2D eigenvalue weighted by Gasteiger charge is 2.30.